The highest BCUT2D eigenvalue weighted by Gasteiger charge is 2.47. The Hall–Kier alpha value is -1.69. The second-order valence-corrected chi connectivity index (χ2v) is 4.76. The molecule has 104 valence electrons. The molecule has 1 aliphatic heterocycles. The standard InChI is InChI=1S/C13H18N2O4/c1-19-7-6-14-11(16)8-15-12(17)9-4-2-3-5-10(9)13(15)18/h2-3,9-10H,4-8H2,1H3,(H,14,16)/t9-,10-/m0/s1. The van der Waals surface area contributed by atoms with Crippen molar-refractivity contribution in [1.29, 1.82) is 0 Å². The summed E-state index contributed by atoms with van der Waals surface area (Å²) in [7, 11) is 1.54. The molecule has 1 fully saturated rings. The number of allylic oxidation sites excluding steroid dienone is 2. The van der Waals surface area contributed by atoms with Crippen LogP contribution in [-0.4, -0.2) is 49.4 Å². The number of rotatable bonds is 5. The number of imide groups is 1. The fourth-order valence-electron chi connectivity index (χ4n) is 2.52. The number of carbonyl (C=O) groups excluding carboxylic acids is 3. The van der Waals surface area contributed by atoms with Crippen LogP contribution in [0.25, 0.3) is 0 Å². The molecule has 1 saturated heterocycles. The minimum atomic E-state index is -0.328. The van der Waals surface area contributed by atoms with E-state index in [4.69, 9.17) is 4.74 Å². The zero-order valence-electron chi connectivity index (χ0n) is 10.9. The Morgan fingerprint density at radius 2 is 1.89 bits per heavy atom. The summed E-state index contributed by atoms with van der Waals surface area (Å²) in [5, 5.41) is 2.61. The first-order valence-electron chi connectivity index (χ1n) is 6.41. The van der Waals surface area contributed by atoms with Crippen LogP contribution in [0, 0.1) is 11.8 Å². The molecule has 1 aliphatic carbocycles. The van der Waals surface area contributed by atoms with Crippen molar-refractivity contribution in [3.63, 3.8) is 0 Å². The molecule has 0 unspecified atom stereocenters. The number of methoxy groups -OCH3 is 1. The van der Waals surface area contributed by atoms with E-state index >= 15 is 0 Å². The minimum Gasteiger partial charge on any atom is -0.383 e. The van der Waals surface area contributed by atoms with Gasteiger partial charge in [0, 0.05) is 13.7 Å². The Labute approximate surface area is 111 Å². The topological polar surface area (TPSA) is 75.7 Å². The highest BCUT2D eigenvalue weighted by Crippen LogP contribution is 2.34. The molecule has 0 radical (unpaired) electrons. The van der Waals surface area contributed by atoms with Crippen molar-refractivity contribution in [3.8, 4) is 0 Å². The highest BCUT2D eigenvalue weighted by molar-refractivity contribution is 6.07. The number of fused-ring (bicyclic) bond motifs is 1. The molecule has 19 heavy (non-hydrogen) atoms. The number of hydrogen-bond acceptors (Lipinski definition) is 4. The van der Waals surface area contributed by atoms with Gasteiger partial charge in [0.15, 0.2) is 0 Å². The van der Waals surface area contributed by atoms with E-state index < -0.39 is 0 Å². The maximum absolute atomic E-state index is 12.1. The van der Waals surface area contributed by atoms with Crippen LogP contribution in [0.1, 0.15) is 12.8 Å². The van der Waals surface area contributed by atoms with Crippen LogP contribution in [0.3, 0.4) is 0 Å². The summed E-state index contributed by atoms with van der Waals surface area (Å²) in [5.74, 6) is -1.32. The van der Waals surface area contributed by atoms with Gasteiger partial charge < -0.3 is 10.1 Å². The lowest BCUT2D eigenvalue weighted by atomic mass is 9.85. The number of nitrogens with zero attached hydrogens (tertiary/aromatic N) is 1. The van der Waals surface area contributed by atoms with E-state index in [-0.39, 0.29) is 36.1 Å². The molecule has 2 rings (SSSR count). The van der Waals surface area contributed by atoms with Crippen LogP contribution in [0.15, 0.2) is 12.2 Å². The van der Waals surface area contributed by atoms with Gasteiger partial charge in [-0.1, -0.05) is 12.2 Å². The van der Waals surface area contributed by atoms with Crippen LogP contribution in [0.4, 0.5) is 0 Å². The van der Waals surface area contributed by atoms with Crippen LogP contribution in [0.5, 0.6) is 0 Å². The Bertz CT molecular complexity index is 393. The van der Waals surface area contributed by atoms with Gasteiger partial charge in [-0.05, 0) is 12.8 Å². The quantitative estimate of drug-likeness (QED) is 0.421. The van der Waals surface area contributed by atoms with E-state index in [0.717, 1.165) is 4.90 Å². The second-order valence-electron chi connectivity index (χ2n) is 4.76. The Balaban J connectivity index is 1.92. The zero-order chi connectivity index (χ0) is 13.8. The molecule has 6 nitrogen and oxygen atoms in total. The molecule has 0 aromatic carbocycles. The molecule has 1 N–H and O–H groups in total. The summed E-state index contributed by atoms with van der Waals surface area (Å²) in [5.41, 5.74) is 0. The van der Waals surface area contributed by atoms with Gasteiger partial charge in [0.1, 0.15) is 6.54 Å². The van der Waals surface area contributed by atoms with Crippen molar-refractivity contribution in [2.75, 3.05) is 26.8 Å². The monoisotopic (exact) mass is 266 g/mol. The third kappa shape index (κ3) is 2.84. The number of amides is 3. The summed E-state index contributed by atoms with van der Waals surface area (Å²) in [4.78, 5) is 36.9. The van der Waals surface area contributed by atoms with Crippen LogP contribution in [0.2, 0.25) is 0 Å². The second kappa shape index (κ2) is 5.97. The fourth-order valence-corrected chi connectivity index (χ4v) is 2.52. The zero-order valence-corrected chi connectivity index (χ0v) is 10.9. The van der Waals surface area contributed by atoms with E-state index in [0.29, 0.717) is 26.0 Å². The van der Waals surface area contributed by atoms with Gasteiger partial charge >= 0.3 is 0 Å². The largest absolute Gasteiger partial charge is 0.383 e. The number of hydrogen-bond donors (Lipinski definition) is 1. The molecule has 0 aromatic heterocycles. The molecule has 3 amide bonds. The van der Waals surface area contributed by atoms with E-state index in [2.05, 4.69) is 5.32 Å². The van der Waals surface area contributed by atoms with Crippen molar-refractivity contribution in [3.05, 3.63) is 12.2 Å². The molecule has 2 aliphatic rings. The Morgan fingerprint density at radius 1 is 1.32 bits per heavy atom. The van der Waals surface area contributed by atoms with E-state index in [9.17, 15) is 14.4 Å². The third-order valence-electron chi connectivity index (χ3n) is 3.53. The van der Waals surface area contributed by atoms with Gasteiger partial charge in [-0.15, -0.1) is 0 Å². The summed E-state index contributed by atoms with van der Waals surface area (Å²) in [6, 6.07) is 0. The van der Waals surface area contributed by atoms with E-state index in [1.807, 2.05) is 12.2 Å². The molecule has 0 spiro atoms. The Morgan fingerprint density at radius 3 is 2.42 bits per heavy atom. The lowest BCUT2D eigenvalue weighted by molar-refractivity contribution is -0.143. The van der Waals surface area contributed by atoms with Crippen molar-refractivity contribution in [2.24, 2.45) is 11.8 Å². The van der Waals surface area contributed by atoms with Gasteiger partial charge in [-0.2, -0.15) is 0 Å². The first-order chi connectivity index (χ1) is 9.15. The lowest BCUT2D eigenvalue weighted by Gasteiger charge is -2.14. The average Bonchev–Trinajstić information content (AvgIpc) is 2.65. The van der Waals surface area contributed by atoms with Gasteiger partial charge in [0.2, 0.25) is 17.7 Å². The van der Waals surface area contributed by atoms with Crippen molar-refractivity contribution in [2.45, 2.75) is 12.8 Å². The van der Waals surface area contributed by atoms with Gasteiger partial charge in [0.25, 0.3) is 0 Å². The molecule has 0 saturated carbocycles. The molecule has 2 atom stereocenters. The van der Waals surface area contributed by atoms with Crippen molar-refractivity contribution >= 4 is 17.7 Å². The predicted molar refractivity (Wildman–Crippen MR) is 67.0 cm³/mol. The number of carbonyl (C=O) groups is 3. The fraction of sp³-hybridized carbons (Fsp3) is 0.615. The van der Waals surface area contributed by atoms with Gasteiger partial charge in [0.05, 0.1) is 18.4 Å². The van der Waals surface area contributed by atoms with Crippen LogP contribution < -0.4 is 5.32 Å². The SMILES string of the molecule is COCCNC(=O)CN1C(=O)[C@H]2CC=CC[C@@H]2C1=O. The van der Waals surface area contributed by atoms with Crippen LogP contribution in [-0.2, 0) is 19.1 Å². The maximum Gasteiger partial charge on any atom is 0.240 e. The van der Waals surface area contributed by atoms with Gasteiger partial charge in [-0.25, -0.2) is 0 Å². The number of ether oxygens (including phenoxy) is 1. The average molecular weight is 266 g/mol. The van der Waals surface area contributed by atoms with Crippen molar-refractivity contribution in [1.82, 2.24) is 10.2 Å². The number of nitrogens with one attached hydrogen (secondary N) is 1. The maximum atomic E-state index is 12.1. The van der Waals surface area contributed by atoms with Crippen LogP contribution >= 0.6 is 0 Å². The first kappa shape index (κ1) is 13.7. The third-order valence-corrected chi connectivity index (χ3v) is 3.53. The van der Waals surface area contributed by atoms with E-state index in [1.165, 1.54) is 7.11 Å². The first-order valence-corrected chi connectivity index (χ1v) is 6.41. The molecular weight excluding hydrogens is 248 g/mol. The summed E-state index contributed by atoms with van der Waals surface area (Å²) < 4.78 is 4.81. The summed E-state index contributed by atoms with van der Waals surface area (Å²) >= 11 is 0. The van der Waals surface area contributed by atoms with Crippen molar-refractivity contribution < 1.29 is 19.1 Å². The summed E-state index contributed by atoms with van der Waals surface area (Å²) in [6.45, 7) is 0.594. The molecule has 1 heterocycles. The molecular formula is C13H18N2O4. The highest BCUT2D eigenvalue weighted by atomic mass is 16.5. The smallest absolute Gasteiger partial charge is 0.240 e. The summed E-state index contributed by atoms with van der Waals surface area (Å²) in [6.07, 6.45) is 5.04. The molecule has 0 aromatic rings. The van der Waals surface area contributed by atoms with Gasteiger partial charge in [-0.3, -0.25) is 19.3 Å². The lowest BCUT2D eigenvalue weighted by Crippen LogP contribution is -2.41. The molecule has 6 heteroatoms. The predicted octanol–water partition coefficient (Wildman–Crippen LogP) is -0.300. The van der Waals surface area contributed by atoms with E-state index in [1.54, 1.807) is 0 Å². The normalized spacial score (nSPS) is 25.6. The number of likely N-dealkylation sites (tertiary alicyclic amines) is 1. The Kier molecular flexibility index (Phi) is 4.31. The minimum absolute atomic E-state index is 0.186. The molecule has 0 bridgehead atoms.